The molecule has 35 heavy (non-hydrogen) atoms. The number of nitrogens with zero attached hydrogens (tertiary/aromatic N) is 2. The summed E-state index contributed by atoms with van der Waals surface area (Å²) in [7, 11) is 1.36. The number of aromatic nitrogens is 2. The third-order valence-corrected chi connectivity index (χ3v) is 5.75. The van der Waals surface area contributed by atoms with E-state index < -0.39 is 11.7 Å². The summed E-state index contributed by atoms with van der Waals surface area (Å²) in [6, 6.07) is 10.1. The first-order valence-corrected chi connectivity index (χ1v) is 10.9. The molecule has 2 heterocycles. The number of halogens is 1. The molecule has 0 unspecified atom stereocenters. The molecule has 10 nitrogen and oxygen atoms in total. The van der Waals surface area contributed by atoms with Crippen LogP contribution in [-0.4, -0.2) is 59.2 Å². The lowest BCUT2D eigenvalue weighted by atomic mass is 10.0. The van der Waals surface area contributed by atoms with Crippen LogP contribution in [0.3, 0.4) is 0 Å². The number of benzene rings is 2. The predicted octanol–water partition coefficient (Wildman–Crippen LogP) is 1.00. The van der Waals surface area contributed by atoms with Gasteiger partial charge in [0, 0.05) is 36.8 Å². The number of nitrogen functional groups attached to an aromatic ring is 1. The minimum Gasteiger partial charge on any atom is -0.508 e. The van der Waals surface area contributed by atoms with E-state index in [0.717, 1.165) is 0 Å². The molecule has 0 bridgehead atoms. The number of phenols is 1. The van der Waals surface area contributed by atoms with E-state index in [-0.39, 0.29) is 53.1 Å². The fourth-order valence-electron chi connectivity index (χ4n) is 3.87. The summed E-state index contributed by atoms with van der Waals surface area (Å²) in [5.41, 5.74) is 6.91. The van der Waals surface area contributed by atoms with E-state index in [1.165, 1.54) is 31.5 Å². The van der Waals surface area contributed by atoms with E-state index in [9.17, 15) is 19.1 Å². The normalized spacial score (nSPS) is 17.1. The molecule has 1 fully saturated rings. The molecule has 1 aromatic heterocycles. The Balaban J connectivity index is 1.39. The molecule has 2 amide bonds. The molecule has 0 radical (unpaired) electrons. The van der Waals surface area contributed by atoms with Gasteiger partial charge in [-0.3, -0.25) is 9.59 Å². The van der Waals surface area contributed by atoms with Crippen LogP contribution >= 0.6 is 0 Å². The number of nitrogens with two attached hydrogens (primary N) is 1. The Kier molecular flexibility index (Phi) is 7.06. The molecular formula is C24H25FN6O4. The van der Waals surface area contributed by atoms with Crippen molar-refractivity contribution in [1.29, 1.82) is 0 Å². The average molecular weight is 481 g/mol. The number of methoxy groups -OCH3 is 1. The molecular weight excluding hydrogens is 455 g/mol. The van der Waals surface area contributed by atoms with Crippen LogP contribution in [0.25, 0.3) is 0 Å². The van der Waals surface area contributed by atoms with E-state index in [4.69, 9.17) is 10.5 Å². The minimum absolute atomic E-state index is 0.000140. The standard InChI is InChI=1S/C24H25FN6O4/c1-35-20-7-6-19(32)15(21(20)25)10-13-2-4-14(5-3-13)22(33)29-17-11-27-12-18(17)30-23(34)16-8-9-28-24(26)31-16/h2-9,17-18,27,32H,10-12H2,1H3,(H,29,33)(H,30,34)(H2,26,28,31)/t17-,18-/m1/s1. The molecule has 1 aliphatic heterocycles. The van der Waals surface area contributed by atoms with Crippen molar-refractivity contribution >= 4 is 17.8 Å². The molecule has 0 saturated carbocycles. The summed E-state index contributed by atoms with van der Waals surface area (Å²) < 4.78 is 19.5. The largest absolute Gasteiger partial charge is 0.508 e. The van der Waals surface area contributed by atoms with Gasteiger partial charge in [-0.1, -0.05) is 12.1 Å². The van der Waals surface area contributed by atoms with Crippen molar-refractivity contribution in [2.24, 2.45) is 0 Å². The van der Waals surface area contributed by atoms with Crippen LogP contribution in [0, 0.1) is 5.82 Å². The second-order valence-electron chi connectivity index (χ2n) is 8.07. The molecule has 11 heteroatoms. The number of hydrogen-bond donors (Lipinski definition) is 5. The van der Waals surface area contributed by atoms with Crippen molar-refractivity contribution in [3.63, 3.8) is 0 Å². The molecule has 1 aliphatic rings. The lowest BCUT2D eigenvalue weighted by Gasteiger charge is -2.21. The zero-order valence-corrected chi connectivity index (χ0v) is 18.9. The van der Waals surface area contributed by atoms with Gasteiger partial charge in [-0.2, -0.15) is 0 Å². The summed E-state index contributed by atoms with van der Waals surface area (Å²) in [6.45, 7) is 0.959. The summed E-state index contributed by atoms with van der Waals surface area (Å²) in [5.74, 6) is -1.48. The lowest BCUT2D eigenvalue weighted by molar-refractivity contribution is 0.0894. The number of amides is 2. The average Bonchev–Trinajstić information content (AvgIpc) is 3.28. The highest BCUT2D eigenvalue weighted by Crippen LogP contribution is 2.30. The first-order valence-electron chi connectivity index (χ1n) is 10.9. The summed E-state index contributed by atoms with van der Waals surface area (Å²) in [5, 5.41) is 19.0. The molecule has 4 rings (SSSR count). The van der Waals surface area contributed by atoms with Crippen molar-refractivity contribution in [2.75, 3.05) is 25.9 Å². The Morgan fingerprint density at radius 2 is 1.80 bits per heavy atom. The van der Waals surface area contributed by atoms with E-state index >= 15 is 0 Å². The first kappa shape index (κ1) is 23.9. The zero-order chi connectivity index (χ0) is 24.9. The quantitative estimate of drug-likeness (QED) is 0.336. The number of phenolic OH excluding ortho intramolecular Hbond substituents is 1. The van der Waals surface area contributed by atoms with Crippen molar-refractivity contribution < 1.29 is 23.8 Å². The van der Waals surface area contributed by atoms with E-state index in [1.54, 1.807) is 24.3 Å². The highest BCUT2D eigenvalue weighted by atomic mass is 19.1. The van der Waals surface area contributed by atoms with Crippen molar-refractivity contribution in [2.45, 2.75) is 18.5 Å². The van der Waals surface area contributed by atoms with Gasteiger partial charge in [-0.15, -0.1) is 0 Å². The van der Waals surface area contributed by atoms with Gasteiger partial charge in [-0.05, 0) is 35.9 Å². The van der Waals surface area contributed by atoms with Crippen LogP contribution in [0.1, 0.15) is 32.0 Å². The number of ether oxygens (including phenoxy) is 1. The zero-order valence-electron chi connectivity index (χ0n) is 18.9. The number of carbonyl (C=O) groups excluding carboxylic acids is 2. The first-order chi connectivity index (χ1) is 16.9. The smallest absolute Gasteiger partial charge is 0.270 e. The number of nitrogens with one attached hydrogen (secondary N) is 3. The van der Waals surface area contributed by atoms with Gasteiger partial charge in [-0.25, -0.2) is 14.4 Å². The van der Waals surface area contributed by atoms with Crippen LogP contribution in [-0.2, 0) is 6.42 Å². The van der Waals surface area contributed by atoms with Gasteiger partial charge < -0.3 is 31.5 Å². The van der Waals surface area contributed by atoms with E-state index in [2.05, 4.69) is 25.9 Å². The Morgan fingerprint density at radius 3 is 2.46 bits per heavy atom. The molecule has 6 N–H and O–H groups in total. The van der Waals surface area contributed by atoms with Crippen molar-refractivity contribution in [1.82, 2.24) is 25.9 Å². The predicted molar refractivity (Wildman–Crippen MR) is 126 cm³/mol. The lowest BCUT2D eigenvalue weighted by Crippen LogP contribution is -2.51. The van der Waals surface area contributed by atoms with Gasteiger partial charge >= 0.3 is 0 Å². The molecule has 0 aliphatic carbocycles. The number of anilines is 1. The van der Waals surface area contributed by atoms with Crippen molar-refractivity contribution in [3.8, 4) is 11.5 Å². The third kappa shape index (κ3) is 5.46. The maximum absolute atomic E-state index is 14.5. The second kappa shape index (κ2) is 10.3. The monoisotopic (exact) mass is 480 g/mol. The number of hydrogen-bond acceptors (Lipinski definition) is 8. The minimum atomic E-state index is -0.624. The van der Waals surface area contributed by atoms with Crippen LogP contribution in [0.5, 0.6) is 11.5 Å². The summed E-state index contributed by atoms with van der Waals surface area (Å²) >= 11 is 0. The van der Waals surface area contributed by atoms with Gasteiger partial charge in [0.1, 0.15) is 11.4 Å². The number of rotatable bonds is 7. The Bertz CT molecular complexity index is 1240. The Hall–Kier alpha value is -4.25. The molecule has 182 valence electrons. The summed E-state index contributed by atoms with van der Waals surface area (Å²) in [4.78, 5) is 33.0. The second-order valence-corrected chi connectivity index (χ2v) is 8.07. The SMILES string of the molecule is COc1ccc(O)c(Cc2ccc(C(=O)N[C@@H]3CNC[C@H]3NC(=O)c3ccnc(N)n3)cc2)c1F. The third-order valence-electron chi connectivity index (χ3n) is 5.75. The van der Waals surface area contributed by atoms with Gasteiger partial charge in [0.15, 0.2) is 11.6 Å². The fourth-order valence-corrected chi connectivity index (χ4v) is 3.87. The number of aromatic hydroxyl groups is 1. The van der Waals surface area contributed by atoms with Crippen LogP contribution in [0.15, 0.2) is 48.7 Å². The van der Waals surface area contributed by atoms with E-state index in [1.807, 2.05) is 0 Å². The maximum atomic E-state index is 14.5. The fraction of sp³-hybridized carbons (Fsp3) is 0.250. The molecule has 2 aromatic carbocycles. The van der Waals surface area contributed by atoms with E-state index in [0.29, 0.717) is 24.2 Å². The molecule has 1 saturated heterocycles. The molecule has 2 atom stereocenters. The molecule has 3 aromatic rings. The van der Waals surface area contributed by atoms with Crippen LogP contribution < -0.4 is 26.4 Å². The van der Waals surface area contributed by atoms with Crippen LogP contribution in [0.2, 0.25) is 0 Å². The summed E-state index contributed by atoms with van der Waals surface area (Å²) in [6.07, 6.45) is 1.53. The van der Waals surface area contributed by atoms with Gasteiger partial charge in [0.25, 0.3) is 11.8 Å². The van der Waals surface area contributed by atoms with Gasteiger partial charge in [0.05, 0.1) is 19.2 Å². The number of carbonyl (C=O) groups is 2. The van der Waals surface area contributed by atoms with Crippen molar-refractivity contribution in [3.05, 3.63) is 76.9 Å². The topological polar surface area (TPSA) is 151 Å². The highest BCUT2D eigenvalue weighted by molar-refractivity contribution is 5.95. The highest BCUT2D eigenvalue weighted by Gasteiger charge is 2.30. The maximum Gasteiger partial charge on any atom is 0.270 e. The molecule has 0 spiro atoms. The Morgan fingerprint density at radius 1 is 1.11 bits per heavy atom. The van der Waals surface area contributed by atoms with Crippen LogP contribution in [0.4, 0.5) is 10.3 Å². The van der Waals surface area contributed by atoms with Gasteiger partial charge in [0.2, 0.25) is 5.95 Å². The Labute approximate surface area is 200 Å².